The molecule has 1 aromatic heterocycles. The summed E-state index contributed by atoms with van der Waals surface area (Å²) < 4.78 is 40.4. The molecule has 0 bridgehead atoms. The Kier molecular flexibility index (Phi) is 6.01. The molecule has 26 heavy (non-hydrogen) atoms. The summed E-state index contributed by atoms with van der Waals surface area (Å²) >= 11 is 0. The molecule has 1 aromatic carbocycles. The zero-order valence-electron chi connectivity index (χ0n) is 14.5. The largest absolute Gasteiger partial charge is 0.573 e. The van der Waals surface area contributed by atoms with Crippen molar-refractivity contribution in [2.75, 3.05) is 10.6 Å². The molecule has 1 atom stereocenters. The van der Waals surface area contributed by atoms with Crippen LogP contribution >= 0.6 is 0 Å². The van der Waals surface area contributed by atoms with Gasteiger partial charge < -0.3 is 15.4 Å². The summed E-state index contributed by atoms with van der Waals surface area (Å²) in [7, 11) is 0. The summed E-state index contributed by atoms with van der Waals surface area (Å²) in [4.78, 5) is 19.9. The van der Waals surface area contributed by atoms with E-state index in [1.54, 1.807) is 13.8 Å². The average Bonchev–Trinajstić information content (AvgIpc) is 2.56. The van der Waals surface area contributed by atoms with Crippen molar-refractivity contribution in [1.29, 1.82) is 0 Å². The Balaban J connectivity index is 2.05. The summed E-state index contributed by atoms with van der Waals surface area (Å²) in [5, 5.41) is 5.76. The number of aryl methyl sites for hydroxylation is 1. The highest BCUT2D eigenvalue weighted by atomic mass is 19.4. The van der Waals surface area contributed by atoms with Gasteiger partial charge >= 0.3 is 6.36 Å². The second-order valence-electron chi connectivity index (χ2n) is 5.57. The normalized spacial score (nSPS) is 12.4. The molecule has 140 valence electrons. The van der Waals surface area contributed by atoms with Crippen molar-refractivity contribution in [3.63, 3.8) is 0 Å². The number of aromatic nitrogens is 2. The minimum atomic E-state index is -4.72. The van der Waals surface area contributed by atoms with Crippen LogP contribution in [0.1, 0.15) is 37.6 Å². The predicted molar refractivity (Wildman–Crippen MR) is 90.9 cm³/mol. The Morgan fingerprint density at radius 2 is 1.92 bits per heavy atom. The summed E-state index contributed by atoms with van der Waals surface area (Å²) in [6, 6.07) is 5.36. The minimum absolute atomic E-state index is 0.158. The van der Waals surface area contributed by atoms with E-state index in [1.165, 1.54) is 30.5 Å². The van der Waals surface area contributed by atoms with Gasteiger partial charge in [0.05, 0.1) is 17.9 Å². The lowest BCUT2D eigenvalue weighted by atomic mass is 10.1. The average molecular weight is 368 g/mol. The van der Waals surface area contributed by atoms with Gasteiger partial charge in [-0.3, -0.25) is 4.79 Å². The van der Waals surface area contributed by atoms with Crippen LogP contribution in [-0.2, 0) is 4.79 Å². The maximum Gasteiger partial charge on any atom is 0.573 e. The topological polar surface area (TPSA) is 76.1 Å². The predicted octanol–water partition coefficient (Wildman–Crippen LogP) is 4.21. The number of alkyl halides is 3. The molecule has 0 fully saturated rings. The monoisotopic (exact) mass is 368 g/mol. The zero-order valence-corrected chi connectivity index (χ0v) is 14.5. The molecule has 9 heteroatoms. The minimum Gasteiger partial charge on any atom is -0.406 e. The van der Waals surface area contributed by atoms with Crippen molar-refractivity contribution in [1.82, 2.24) is 9.97 Å². The molecule has 2 aromatic rings. The molecule has 2 N–H and O–H groups in total. The fourth-order valence-electron chi connectivity index (χ4n) is 2.16. The van der Waals surface area contributed by atoms with Crippen molar-refractivity contribution >= 4 is 17.5 Å². The number of nitrogens with one attached hydrogen (secondary N) is 2. The standard InChI is InChI=1S/C17H19F3N4O2/c1-4-15(25)24-14-9-21-16(11(3)22-14)23-10(2)12-5-7-13(8-6-12)26-17(18,19)20/h5-10H,4H2,1-3H3,(H,21,23)(H,22,24,25). The second kappa shape index (κ2) is 8.03. The van der Waals surface area contributed by atoms with E-state index < -0.39 is 6.36 Å². The Morgan fingerprint density at radius 3 is 2.46 bits per heavy atom. The van der Waals surface area contributed by atoms with Gasteiger partial charge in [0.1, 0.15) is 11.6 Å². The fourth-order valence-corrected chi connectivity index (χ4v) is 2.16. The number of carbonyl (C=O) groups excluding carboxylic acids is 1. The fraction of sp³-hybridized carbons (Fsp3) is 0.353. The number of rotatable bonds is 6. The van der Waals surface area contributed by atoms with Gasteiger partial charge in [0.15, 0.2) is 5.82 Å². The summed E-state index contributed by atoms with van der Waals surface area (Å²) in [6.07, 6.45) is -2.94. The number of ether oxygens (including phenoxy) is 1. The van der Waals surface area contributed by atoms with E-state index in [9.17, 15) is 18.0 Å². The van der Waals surface area contributed by atoms with E-state index in [-0.39, 0.29) is 17.7 Å². The molecule has 0 spiro atoms. The molecule has 6 nitrogen and oxygen atoms in total. The quantitative estimate of drug-likeness (QED) is 0.799. The van der Waals surface area contributed by atoms with Gasteiger partial charge in [0, 0.05) is 6.42 Å². The van der Waals surface area contributed by atoms with Gasteiger partial charge in [-0.2, -0.15) is 0 Å². The van der Waals surface area contributed by atoms with Crippen LogP contribution in [0.2, 0.25) is 0 Å². The number of carbonyl (C=O) groups is 1. The molecule has 1 amide bonds. The van der Waals surface area contributed by atoms with Gasteiger partial charge in [0.2, 0.25) is 5.91 Å². The van der Waals surface area contributed by atoms with Gasteiger partial charge in [0.25, 0.3) is 0 Å². The molecule has 1 unspecified atom stereocenters. The van der Waals surface area contributed by atoms with E-state index in [4.69, 9.17) is 0 Å². The first-order valence-corrected chi connectivity index (χ1v) is 7.93. The number of hydrogen-bond donors (Lipinski definition) is 2. The summed E-state index contributed by atoms with van der Waals surface area (Å²) in [5.74, 6) is 0.443. The first-order chi connectivity index (χ1) is 12.2. The van der Waals surface area contributed by atoms with Crippen molar-refractivity contribution in [3.8, 4) is 5.75 Å². The van der Waals surface area contributed by atoms with Crippen LogP contribution in [0.15, 0.2) is 30.5 Å². The molecule has 0 aliphatic rings. The van der Waals surface area contributed by atoms with Gasteiger partial charge in [-0.25, -0.2) is 9.97 Å². The molecule has 0 radical (unpaired) electrons. The number of halogens is 3. The zero-order chi connectivity index (χ0) is 19.3. The smallest absolute Gasteiger partial charge is 0.406 e. The van der Waals surface area contributed by atoms with Crippen LogP contribution in [-0.4, -0.2) is 22.2 Å². The first kappa shape index (κ1) is 19.5. The lowest BCUT2D eigenvalue weighted by Gasteiger charge is -2.17. The van der Waals surface area contributed by atoms with Crippen molar-refractivity contribution in [2.45, 2.75) is 39.6 Å². The van der Waals surface area contributed by atoms with Crippen LogP contribution in [0, 0.1) is 6.92 Å². The van der Waals surface area contributed by atoms with Crippen LogP contribution in [0.3, 0.4) is 0 Å². The van der Waals surface area contributed by atoms with Crippen LogP contribution in [0.25, 0.3) is 0 Å². The van der Waals surface area contributed by atoms with E-state index in [0.717, 1.165) is 5.56 Å². The second-order valence-corrected chi connectivity index (χ2v) is 5.57. The Bertz CT molecular complexity index is 764. The van der Waals surface area contributed by atoms with Gasteiger partial charge in [-0.05, 0) is 31.5 Å². The highest BCUT2D eigenvalue weighted by Crippen LogP contribution is 2.26. The van der Waals surface area contributed by atoms with Crippen molar-refractivity contribution in [3.05, 3.63) is 41.7 Å². The number of amides is 1. The van der Waals surface area contributed by atoms with Gasteiger partial charge in [-0.15, -0.1) is 13.2 Å². The lowest BCUT2D eigenvalue weighted by Crippen LogP contribution is -2.17. The number of hydrogen-bond acceptors (Lipinski definition) is 5. The number of benzene rings is 1. The summed E-state index contributed by atoms with van der Waals surface area (Å²) in [6.45, 7) is 5.32. The first-order valence-electron chi connectivity index (χ1n) is 7.93. The molecule has 2 rings (SSSR count). The number of nitrogens with zero attached hydrogens (tertiary/aromatic N) is 2. The van der Waals surface area contributed by atoms with Crippen LogP contribution < -0.4 is 15.4 Å². The molecule has 0 aliphatic heterocycles. The Hall–Kier alpha value is -2.84. The van der Waals surface area contributed by atoms with Crippen LogP contribution in [0.4, 0.5) is 24.8 Å². The Morgan fingerprint density at radius 1 is 1.27 bits per heavy atom. The number of anilines is 2. The maximum absolute atomic E-state index is 12.2. The van der Waals surface area contributed by atoms with E-state index in [2.05, 4.69) is 25.3 Å². The van der Waals surface area contributed by atoms with E-state index >= 15 is 0 Å². The van der Waals surface area contributed by atoms with Crippen molar-refractivity contribution < 1.29 is 22.7 Å². The highest BCUT2D eigenvalue weighted by Gasteiger charge is 2.31. The maximum atomic E-state index is 12.2. The third-order valence-corrected chi connectivity index (χ3v) is 3.50. The highest BCUT2D eigenvalue weighted by molar-refractivity contribution is 5.89. The molecule has 0 saturated carbocycles. The van der Waals surface area contributed by atoms with Crippen molar-refractivity contribution in [2.24, 2.45) is 0 Å². The molecular weight excluding hydrogens is 349 g/mol. The Labute approximate surface area is 148 Å². The third kappa shape index (κ3) is 5.61. The molecule has 0 aliphatic carbocycles. The molecular formula is C17H19F3N4O2. The third-order valence-electron chi connectivity index (χ3n) is 3.50. The lowest BCUT2D eigenvalue weighted by molar-refractivity contribution is -0.274. The summed E-state index contributed by atoms with van der Waals surface area (Å²) in [5.41, 5.74) is 1.34. The SMILES string of the molecule is CCC(=O)Nc1cnc(NC(C)c2ccc(OC(F)(F)F)cc2)c(C)n1. The van der Waals surface area contributed by atoms with E-state index in [0.29, 0.717) is 23.8 Å². The van der Waals surface area contributed by atoms with Gasteiger partial charge in [-0.1, -0.05) is 19.1 Å². The van der Waals surface area contributed by atoms with Crippen LogP contribution in [0.5, 0.6) is 5.75 Å². The van der Waals surface area contributed by atoms with E-state index in [1.807, 2.05) is 6.92 Å². The molecule has 1 heterocycles. The molecule has 0 saturated heterocycles.